The van der Waals surface area contributed by atoms with E-state index in [2.05, 4.69) is 10.3 Å². The van der Waals surface area contributed by atoms with Crippen molar-refractivity contribution in [2.24, 2.45) is 12.2 Å². The van der Waals surface area contributed by atoms with E-state index in [1.165, 1.54) is 51.9 Å². The van der Waals surface area contributed by atoms with Crippen molar-refractivity contribution in [1.29, 1.82) is 0 Å². The number of thioether (sulfide) groups is 1. The molecule has 0 radical (unpaired) electrons. The molecule has 0 aliphatic carbocycles. The Balaban J connectivity index is 1.79. The van der Waals surface area contributed by atoms with Gasteiger partial charge in [0.25, 0.3) is 5.56 Å². The van der Waals surface area contributed by atoms with Gasteiger partial charge in [0.1, 0.15) is 4.83 Å². The lowest BCUT2D eigenvalue weighted by Crippen LogP contribution is -2.25. The predicted molar refractivity (Wildman–Crippen MR) is 116 cm³/mol. The molecule has 11 heteroatoms. The second-order valence-electron chi connectivity index (χ2n) is 6.54. The number of amides is 1. The predicted octanol–water partition coefficient (Wildman–Crippen LogP) is 2.38. The number of hydrogen-bond acceptors (Lipinski definition) is 7. The van der Waals surface area contributed by atoms with Gasteiger partial charge in [0.15, 0.2) is 5.16 Å². The fraction of sp³-hybridized carbons (Fsp3) is 0.278. The number of nitrogens with one attached hydrogen (secondary N) is 1. The van der Waals surface area contributed by atoms with Crippen molar-refractivity contribution in [1.82, 2.24) is 9.55 Å². The molecule has 29 heavy (non-hydrogen) atoms. The molecule has 0 aliphatic heterocycles. The third-order valence-electron chi connectivity index (χ3n) is 4.47. The van der Waals surface area contributed by atoms with Crippen LogP contribution in [0.25, 0.3) is 10.2 Å². The maximum atomic E-state index is 12.7. The Morgan fingerprint density at radius 3 is 2.48 bits per heavy atom. The average Bonchev–Trinajstić information content (AvgIpc) is 2.93. The van der Waals surface area contributed by atoms with Crippen LogP contribution in [0.1, 0.15) is 17.4 Å². The number of carbonyl (C=O) groups is 1. The second-order valence-corrected chi connectivity index (χ2v) is 10.6. The Kier molecular flexibility index (Phi) is 5.86. The van der Waals surface area contributed by atoms with E-state index < -0.39 is 15.3 Å². The number of aryl methyl sites for hydroxylation is 2. The highest BCUT2D eigenvalue weighted by Gasteiger charge is 2.20. The summed E-state index contributed by atoms with van der Waals surface area (Å²) in [6.07, 6.45) is 0. The Bertz CT molecular complexity index is 1260. The minimum atomic E-state index is -3.79. The van der Waals surface area contributed by atoms with E-state index >= 15 is 0 Å². The minimum Gasteiger partial charge on any atom is -0.325 e. The standard InChI is InChI=1S/C18H20N4O4S3/c1-9-10(2)27-16-14(9)17(24)22(4)18(21-16)28-11(3)15(23)20-12-5-7-13(8-6-12)29(19,25)26/h5-8,11H,1-4H3,(H,20,23)(H2,19,25,26). The number of rotatable bonds is 5. The summed E-state index contributed by atoms with van der Waals surface area (Å²) in [7, 11) is -2.15. The summed E-state index contributed by atoms with van der Waals surface area (Å²) < 4.78 is 24.1. The van der Waals surface area contributed by atoms with Crippen molar-refractivity contribution < 1.29 is 13.2 Å². The molecule has 0 saturated heterocycles. The van der Waals surface area contributed by atoms with Crippen molar-refractivity contribution >= 4 is 54.9 Å². The van der Waals surface area contributed by atoms with Gasteiger partial charge in [-0.25, -0.2) is 18.5 Å². The molecule has 3 N–H and O–H groups in total. The number of anilines is 1. The number of sulfonamides is 1. The van der Waals surface area contributed by atoms with Gasteiger partial charge in [-0.15, -0.1) is 11.3 Å². The first-order valence-electron chi connectivity index (χ1n) is 8.56. The third kappa shape index (κ3) is 4.37. The summed E-state index contributed by atoms with van der Waals surface area (Å²) in [5, 5.41) is 8.32. The van der Waals surface area contributed by atoms with Gasteiger partial charge < -0.3 is 5.32 Å². The smallest absolute Gasteiger partial charge is 0.262 e. The van der Waals surface area contributed by atoms with Gasteiger partial charge in [-0.1, -0.05) is 11.8 Å². The van der Waals surface area contributed by atoms with Crippen molar-refractivity contribution in [3.63, 3.8) is 0 Å². The van der Waals surface area contributed by atoms with Crippen LogP contribution < -0.4 is 16.0 Å². The topological polar surface area (TPSA) is 124 Å². The molecule has 1 unspecified atom stereocenters. The minimum absolute atomic E-state index is 0.0352. The van der Waals surface area contributed by atoms with Crippen LogP contribution >= 0.6 is 23.1 Å². The molecule has 3 aromatic rings. The fourth-order valence-electron chi connectivity index (χ4n) is 2.64. The first-order chi connectivity index (χ1) is 13.5. The van der Waals surface area contributed by atoms with Gasteiger partial charge in [0.05, 0.1) is 15.5 Å². The molecular formula is C18H20N4O4S3. The van der Waals surface area contributed by atoms with Crippen LogP contribution in [-0.2, 0) is 21.9 Å². The zero-order chi connectivity index (χ0) is 21.5. The number of fused-ring (bicyclic) bond motifs is 1. The van der Waals surface area contributed by atoms with Crippen LogP contribution in [0.3, 0.4) is 0 Å². The summed E-state index contributed by atoms with van der Waals surface area (Å²) in [5.74, 6) is -0.300. The number of nitrogens with zero attached hydrogens (tertiary/aromatic N) is 2. The van der Waals surface area contributed by atoms with E-state index in [0.29, 0.717) is 21.1 Å². The summed E-state index contributed by atoms with van der Waals surface area (Å²) >= 11 is 2.64. The Labute approximate surface area is 176 Å². The van der Waals surface area contributed by atoms with Crippen LogP contribution in [0.5, 0.6) is 0 Å². The van der Waals surface area contributed by atoms with Crippen LogP contribution in [0, 0.1) is 13.8 Å². The highest BCUT2D eigenvalue weighted by molar-refractivity contribution is 8.00. The van der Waals surface area contributed by atoms with Crippen molar-refractivity contribution in [2.45, 2.75) is 36.1 Å². The van der Waals surface area contributed by atoms with Gasteiger partial charge in [-0.05, 0) is 50.6 Å². The van der Waals surface area contributed by atoms with Gasteiger partial charge in [0, 0.05) is 17.6 Å². The number of thiophene rings is 1. The largest absolute Gasteiger partial charge is 0.325 e. The number of aromatic nitrogens is 2. The second kappa shape index (κ2) is 7.90. The summed E-state index contributed by atoms with van der Waals surface area (Å²) in [6.45, 7) is 5.56. The highest BCUT2D eigenvalue weighted by atomic mass is 32.2. The van der Waals surface area contributed by atoms with Crippen LogP contribution in [0.4, 0.5) is 5.69 Å². The number of hydrogen-bond donors (Lipinski definition) is 2. The lowest BCUT2D eigenvalue weighted by atomic mass is 10.2. The molecule has 1 atom stereocenters. The van der Waals surface area contributed by atoms with Gasteiger partial charge >= 0.3 is 0 Å². The molecule has 0 aliphatic rings. The van der Waals surface area contributed by atoms with Crippen LogP contribution in [-0.4, -0.2) is 29.1 Å². The zero-order valence-corrected chi connectivity index (χ0v) is 18.7. The first-order valence-corrected chi connectivity index (χ1v) is 11.8. The fourth-order valence-corrected chi connectivity index (χ4v) is 5.11. The van der Waals surface area contributed by atoms with E-state index in [9.17, 15) is 18.0 Å². The quantitative estimate of drug-likeness (QED) is 0.452. The lowest BCUT2D eigenvalue weighted by Gasteiger charge is -2.13. The number of carbonyl (C=O) groups excluding carboxylic acids is 1. The maximum Gasteiger partial charge on any atom is 0.262 e. The first kappa shape index (κ1) is 21.5. The third-order valence-corrected chi connectivity index (χ3v) is 7.65. The molecule has 1 amide bonds. The highest BCUT2D eigenvalue weighted by Crippen LogP contribution is 2.29. The molecule has 0 bridgehead atoms. The van der Waals surface area contributed by atoms with Gasteiger partial charge in [-0.2, -0.15) is 0 Å². The molecule has 154 valence electrons. The van der Waals surface area contributed by atoms with E-state index in [-0.39, 0.29) is 16.4 Å². The summed E-state index contributed by atoms with van der Waals surface area (Å²) in [4.78, 5) is 31.5. The monoisotopic (exact) mass is 452 g/mol. The molecule has 3 rings (SSSR count). The molecule has 8 nitrogen and oxygen atoms in total. The average molecular weight is 453 g/mol. The molecule has 1 aromatic carbocycles. The number of primary sulfonamides is 1. The Morgan fingerprint density at radius 1 is 1.28 bits per heavy atom. The Hall–Kier alpha value is -2.21. The van der Waals surface area contributed by atoms with Crippen LogP contribution in [0.2, 0.25) is 0 Å². The van der Waals surface area contributed by atoms with Crippen molar-refractivity contribution in [3.8, 4) is 0 Å². The van der Waals surface area contributed by atoms with E-state index in [1.807, 2.05) is 13.8 Å². The molecule has 0 saturated carbocycles. The molecule has 0 fully saturated rings. The van der Waals surface area contributed by atoms with E-state index in [0.717, 1.165) is 10.4 Å². The lowest BCUT2D eigenvalue weighted by molar-refractivity contribution is -0.115. The van der Waals surface area contributed by atoms with Gasteiger partial charge in [-0.3, -0.25) is 14.2 Å². The summed E-state index contributed by atoms with van der Waals surface area (Å²) in [5.41, 5.74) is 1.24. The molecule has 2 aromatic heterocycles. The van der Waals surface area contributed by atoms with Crippen molar-refractivity contribution in [3.05, 3.63) is 45.1 Å². The zero-order valence-electron chi connectivity index (χ0n) is 16.2. The summed E-state index contributed by atoms with van der Waals surface area (Å²) in [6, 6.07) is 5.57. The number of nitrogens with two attached hydrogens (primary N) is 1. The van der Waals surface area contributed by atoms with Crippen LogP contribution in [0.15, 0.2) is 39.1 Å². The SMILES string of the molecule is Cc1sc2nc(SC(C)C(=O)Nc3ccc(S(N)(=O)=O)cc3)n(C)c(=O)c2c1C. The van der Waals surface area contributed by atoms with Crippen molar-refractivity contribution in [2.75, 3.05) is 5.32 Å². The van der Waals surface area contributed by atoms with E-state index in [4.69, 9.17) is 5.14 Å². The molecular weight excluding hydrogens is 432 g/mol. The normalized spacial score (nSPS) is 12.9. The molecule has 2 heterocycles. The van der Waals surface area contributed by atoms with Gasteiger partial charge in [0.2, 0.25) is 15.9 Å². The number of benzene rings is 1. The van der Waals surface area contributed by atoms with E-state index in [1.54, 1.807) is 14.0 Å². The molecule has 0 spiro atoms. The Morgan fingerprint density at radius 2 is 1.90 bits per heavy atom. The maximum absolute atomic E-state index is 12.7.